The molecule has 0 radical (unpaired) electrons. The summed E-state index contributed by atoms with van der Waals surface area (Å²) in [4.78, 5) is 4.52. The summed E-state index contributed by atoms with van der Waals surface area (Å²) in [7, 11) is 0. The molecule has 3 heteroatoms. The minimum absolute atomic E-state index is 0.366. The first-order chi connectivity index (χ1) is 10.3. The first-order valence-corrected chi connectivity index (χ1v) is 8.00. The van der Waals surface area contributed by atoms with Crippen molar-refractivity contribution in [3.8, 4) is 0 Å². The summed E-state index contributed by atoms with van der Waals surface area (Å²) in [5, 5.41) is 4.86. The molecule has 0 fully saturated rings. The molecule has 1 N–H and O–H groups in total. The third-order valence-electron chi connectivity index (χ3n) is 4.18. The topological polar surface area (TPSA) is 24.9 Å². The maximum Gasteiger partial charge on any atom is 0.0933 e. The van der Waals surface area contributed by atoms with Crippen molar-refractivity contribution < 1.29 is 0 Å². The van der Waals surface area contributed by atoms with Crippen LogP contribution in [0.1, 0.15) is 23.6 Å². The molecule has 4 rings (SSSR count). The second-order valence-electron chi connectivity index (χ2n) is 5.42. The zero-order valence-corrected chi connectivity index (χ0v) is 13.1. The average molecular weight is 339 g/mol. The summed E-state index contributed by atoms with van der Waals surface area (Å²) in [5.41, 5.74) is 5.00. The van der Waals surface area contributed by atoms with Crippen LogP contribution in [0.3, 0.4) is 0 Å². The van der Waals surface area contributed by atoms with E-state index >= 15 is 0 Å². The smallest absolute Gasteiger partial charge is 0.0933 e. The lowest BCUT2D eigenvalue weighted by molar-refractivity contribution is 0.762. The van der Waals surface area contributed by atoms with Gasteiger partial charge in [0.2, 0.25) is 0 Å². The molecular formula is C18H15BrN2. The average Bonchev–Trinajstić information content (AvgIpc) is 2.92. The molecule has 0 aliphatic heterocycles. The van der Waals surface area contributed by atoms with Crippen LogP contribution in [0.25, 0.3) is 10.9 Å². The van der Waals surface area contributed by atoms with Crippen molar-refractivity contribution in [1.29, 1.82) is 0 Å². The van der Waals surface area contributed by atoms with Gasteiger partial charge in [0.15, 0.2) is 0 Å². The number of nitrogens with zero attached hydrogens (tertiary/aromatic N) is 1. The van der Waals surface area contributed by atoms with Crippen LogP contribution in [-0.4, -0.2) is 4.98 Å². The Bertz CT molecular complexity index is 808. The Morgan fingerprint density at radius 1 is 1.05 bits per heavy atom. The van der Waals surface area contributed by atoms with Crippen LogP contribution in [0.4, 0.5) is 5.69 Å². The third-order valence-corrected chi connectivity index (χ3v) is 4.92. The van der Waals surface area contributed by atoms with Crippen molar-refractivity contribution in [2.45, 2.75) is 18.9 Å². The van der Waals surface area contributed by atoms with Gasteiger partial charge in [-0.15, -0.1) is 0 Å². The van der Waals surface area contributed by atoms with Crippen molar-refractivity contribution in [1.82, 2.24) is 4.98 Å². The van der Waals surface area contributed by atoms with Crippen LogP contribution < -0.4 is 5.32 Å². The molecule has 1 aliphatic carbocycles. The van der Waals surface area contributed by atoms with E-state index in [1.165, 1.54) is 21.0 Å². The number of pyridine rings is 1. The van der Waals surface area contributed by atoms with Crippen molar-refractivity contribution in [3.05, 3.63) is 70.3 Å². The Morgan fingerprint density at radius 3 is 2.86 bits per heavy atom. The lowest BCUT2D eigenvalue weighted by Gasteiger charge is -2.17. The van der Waals surface area contributed by atoms with Crippen molar-refractivity contribution >= 4 is 32.5 Å². The molecule has 1 unspecified atom stereocenters. The molecule has 2 nitrogen and oxygen atoms in total. The van der Waals surface area contributed by atoms with Crippen LogP contribution in [-0.2, 0) is 6.42 Å². The van der Waals surface area contributed by atoms with Gasteiger partial charge >= 0.3 is 0 Å². The molecule has 104 valence electrons. The van der Waals surface area contributed by atoms with Gasteiger partial charge in [-0.3, -0.25) is 4.98 Å². The minimum Gasteiger partial charge on any atom is -0.376 e. The maximum absolute atomic E-state index is 4.52. The third kappa shape index (κ3) is 2.22. The maximum atomic E-state index is 4.52. The molecule has 0 spiro atoms. The fourth-order valence-electron chi connectivity index (χ4n) is 3.17. The molecule has 0 saturated heterocycles. The SMILES string of the molecule is Brc1cccc2c1CCC2Nc1cccc2cccnc12. The molecule has 1 heterocycles. The molecule has 0 amide bonds. The molecular weight excluding hydrogens is 324 g/mol. The highest BCUT2D eigenvalue weighted by Gasteiger charge is 2.24. The Labute approximate surface area is 132 Å². The highest BCUT2D eigenvalue weighted by atomic mass is 79.9. The molecule has 21 heavy (non-hydrogen) atoms. The summed E-state index contributed by atoms with van der Waals surface area (Å²) < 4.78 is 1.22. The van der Waals surface area contributed by atoms with Gasteiger partial charge in [0.25, 0.3) is 0 Å². The molecule has 1 atom stereocenters. The standard InChI is InChI=1S/C18H15BrN2/c19-15-7-2-6-14-13(15)9-10-16(14)21-17-8-1-4-12-5-3-11-20-18(12)17/h1-8,11,16,21H,9-10H2. The number of nitrogens with one attached hydrogen (secondary N) is 1. The summed E-state index contributed by atoms with van der Waals surface area (Å²) in [6, 6.07) is 17.2. The number of fused-ring (bicyclic) bond motifs is 2. The highest BCUT2D eigenvalue weighted by Crippen LogP contribution is 2.38. The van der Waals surface area contributed by atoms with E-state index in [-0.39, 0.29) is 0 Å². The molecule has 2 aromatic carbocycles. The Morgan fingerprint density at radius 2 is 1.90 bits per heavy atom. The molecule has 0 bridgehead atoms. The zero-order chi connectivity index (χ0) is 14.2. The second-order valence-corrected chi connectivity index (χ2v) is 6.28. The second kappa shape index (κ2) is 5.15. The number of benzene rings is 2. The quantitative estimate of drug-likeness (QED) is 0.703. The van der Waals surface area contributed by atoms with Crippen LogP contribution >= 0.6 is 15.9 Å². The van der Waals surface area contributed by atoms with E-state index in [9.17, 15) is 0 Å². The van der Waals surface area contributed by atoms with Gasteiger partial charge in [-0.2, -0.15) is 0 Å². The first-order valence-electron chi connectivity index (χ1n) is 7.20. The van der Waals surface area contributed by atoms with Crippen molar-refractivity contribution in [2.24, 2.45) is 0 Å². The van der Waals surface area contributed by atoms with Gasteiger partial charge in [-0.1, -0.05) is 46.3 Å². The van der Waals surface area contributed by atoms with E-state index in [0.717, 1.165) is 24.0 Å². The normalized spacial score (nSPS) is 16.9. The van der Waals surface area contributed by atoms with Crippen LogP contribution in [0, 0.1) is 0 Å². The van der Waals surface area contributed by atoms with Gasteiger partial charge in [-0.25, -0.2) is 0 Å². The van der Waals surface area contributed by atoms with E-state index in [2.05, 4.69) is 68.7 Å². The first kappa shape index (κ1) is 12.8. The van der Waals surface area contributed by atoms with E-state index in [1.807, 2.05) is 12.3 Å². The zero-order valence-electron chi connectivity index (χ0n) is 11.5. The van der Waals surface area contributed by atoms with Crippen molar-refractivity contribution in [2.75, 3.05) is 5.32 Å². The highest BCUT2D eigenvalue weighted by molar-refractivity contribution is 9.10. The van der Waals surface area contributed by atoms with E-state index < -0.39 is 0 Å². The fraction of sp³-hybridized carbons (Fsp3) is 0.167. The van der Waals surface area contributed by atoms with Gasteiger partial charge in [-0.05, 0) is 42.2 Å². The molecule has 3 aromatic rings. The summed E-state index contributed by atoms with van der Waals surface area (Å²) >= 11 is 3.66. The van der Waals surface area contributed by atoms with Crippen LogP contribution in [0.15, 0.2) is 59.2 Å². The number of hydrogen-bond acceptors (Lipinski definition) is 2. The lowest BCUT2D eigenvalue weighted by Crippen LogP contribution is -2.07. The molecule has 1 aliphatic rings. The lowest BCUT2D eigenvalue weighted by atomic mass is 10.1. The summed E-state index contributed by atoms with van der Waals surface area (Å²) in [6.45, 7) is 0. The summed E-state index contributed by atoms with van der Waals surface area (Å²) in [5.74, 6) is 0. The number of rotatable bonds is 2. The number of aromatic nitrogens is 1. The van der Waals surface area contributed by atoms with Gasteiger partial charge in [0.05, 0.1) is 17.2 Å². The Balaban J connectivity index is 1.73. The van der Waals surface area contributed by atoms with Crippen LogP contribution in [0.5, 0.6) is 0 Å². The largest absolute Gasteiger partial charge is 0.376 e. The number of hydrogen-bond donors (Lipinski definition) is 1. The van der Waals surface area contributed by atoms with E-state index in [1.54, 1.807) is 0 Å². The predicted molar refractivity (Wildman–Crippen MR) is 90.6 cm³/mol. The monoisotopic (exact) mass is 338 g/mol. The number of para-hydroxylation sites is 1. The van der Waals surface area contributed by atoms with Crippen LogP contribution in [0.2, 0.25) is 0 Å². The van der Waals surface area contributed by atoms with E-state index in [0.29, 0.717) is 6.04 Å². The van der Waals surface area contributed by atoms with Gasteiger partial charge < -0.3 is 5.32 Å². The van der Waals surface area contributed by atoms with Gasteiger partial charge in [0, 0.05) is 16.1 Å². The number of anilines is 1. The van der Waals surface area contributed by atoms with Gasteiger partial charge in [0.1, 0.15) is 0 Å². The minimum atomic E-state index is 0.366. The fourth-order valence-corrected chi connectivity index (χ4v) is 3.75. The van der Waals surface area contributed by atoms with E-state index in [4.69, 9.17) is 0 Å². The number of halogens is 1. The summed E-state index contributed by atoms with van der Waals surface area (Å²) in [6.07, 6.45) is 4.10. The Hall–Kier alpha value is -1.87. The Kier molecular flexibility index (Phi) is 3.15. The molecule has 1 aromatic heterocycles. The molecule has 0 saturated carbocycles. The van der Waals surface area contributed by atoms with Crippen molar-refractivity contribution in [3.63, 3.8) is 0 Å². The predicted octanol–water partition coefficient (Wildman–Crippen LogP) is 5.10.